The molecule has 1 saturated heterocycles. The first kappa shape index (κ1) is 95.3. The molecule has 0 aliphatic carbocycles. The third kappa shape index (κ3) is 31.8. The average Bonchev–Trinajstić information content (AvgIpc) is 1.76. The van der Waals surface area contributed by atoms with E-state index in [0.29, 0.717) is 33.2 Å². The van der Waals surface area contributed by atoms with E-state index >= 15 is 14.4 Å². The Kier molecular flexibility index (Phi) is 39.4. The Morgan fingerprint density at radius 1 is 0.483 bits per heavy atom. The zero-order valence-electron chi connectivity index (χ0n) is 65.6. The van der Waals surface area contributed by atoms with Gasteiger partial charge in [0.15, 0.2) is 0 Å². The van der Waals surface area contributed by atoms with Gasteiger partial charge < -0.3 is 117 Å². The standard InChI is InChI=1S/C78H106N18O20S2/c1-42(80)66(103)84-38-63(102)85-60-40-117-118-41-61(78(115)116)94-74(111)59(39-97)93-77(114)65(44(3)99)96-73(110)56(34-48-24-12-7-13-25-48)92-76(113)64(43(2)98)95-68(105)53(29-17-19-31-82-45(4)100)86-71(108)57(35-49-37-83-51-27-15-14-26-50(49)51)90-70(107)55(33-47-22-10-6-11-23-47)88-69(106)54(32-46-20-8-5-9-21-46)89-72(109)58(36-62(81)101)91-67(104)52(87-75(60)112)28-16-18-30-79/h5-15,20-27,37,42-44,52-61,64-65,83,97-99H,16-19,28-36,38-41,79-80H2,1-4H3,(H2,81,101)(H,82,100)(H,84,103)(H,85,102)(H,86,108)(H,87,112)(H,88,106)(H,89,109)(H,90,107)(H,91,104)(H,92,113)(H,93,114)(H,94,111)(H,95,105)(H,96,110)(H,115,116)/t42-,43+,44+,52-,53-,54-,55-,56-,57-,58-,59-,60-,61-,64-,65-/m0/s1. The molecule has 1 aliphatic rings. The van der Waals surface area contributed by atoms with Gasteiger partial charge >= 0.3 is 5.97 Å². The number of aromatic amines is 1. The number of para-hydroxylation sites is 1. The summed E-state index contributed by atoms with van der Waals surface area (Å²) >= 11 is 0. The molecule has 15 atom stereocenters. The number of primary amides is 1. The molecule has 0 spiro atoms. The maximum absolute atomic E-state index is 15.5. The molecule has 6 rings (SSSR count). The zero-order valence-corrected chi connectivity index (χ0v) is 67.2. The molecular formula is C78H106N18O20S2. The molecule has 118 heavy (non-hydrogen) atoms. The summed E-state index contributed by atoms with van der Waals surface area (Å²) in [6, 6.07) is 9.14. The summed E-state index contributed by atoms with van der Waals surface area (Å²) in [5.41, 5.74) is 19.7. The molecule has 0 bridgehead atoms. The highest BCUT2D eigenvalue weighted by atomic mass is 33.1. The van der Waals surface area contributed by atoms with Crippen molar-refractivity contribution in [2.24, 2.45) is 17.2 Å². The molecule has 640 valence electrons. The van der Waals surface area contributed by atoms with Gasteiger partial charge in [0.05, 0.1) is 37.8 Å². The van der Waals surface area contributed by atoms with Crippen LogP contribution >= 0.6 is 21.6 Å². The first-order valence-corrected chi connectivity index (χ1v) is 40.7. The number of carboxylic acids is 1. The number of H-pyrrole nitrogens is 1. The maximum Gasteiger partial charge on any atom is 0.327 e. The first-order valence-electron chi connectivity index (χ1n) is 38.3. The van der Waals surface area contributed by atoms with Crippen molar-refractivity contribution in [3.8, 4) is 0 Å². The van der Waals surface area contributed by atoms with Crippen LogP contribution in [0.1, 0.15) is 94.9 Å². The Bertz CT molecular complexity index is 4260. The quantitative estimate of drug-likeness (QED) is 0.0173. The summed E-state index contributed by atoms with van der Waals surface area (Å²) in [6.07, 6.45) is -3.88. The summed E-state index contributed by atoms with van der Waals surface area (Å²) in [5, 5.41) is 78.8. The fraction of sp³-hybridized carbons (Fsp3) is 0.462. The van der Waals surface area contributed by atoms with E-state index in [9.17, 15) is 82.8 Å². The van der Waals surface area contributed by atoms with Crippen LogP contribution in [-0.4, -0.2) is 248 Å². The van der Waals surface area contributed by atoms with E-state index in [-0.39, 0.29) is 83.2 Å². The predicted octanol–water partition coefficient (Wildman–Crippen LogP) is -4.74. The van der Waals surface area contributed by atoms with Gasteiger partial charge in [-0.15, -0.1) is 0 Å². The molecule has 25 N–H and O–H groups in total. The Morgan fingerprint density at radius 2 is 0.890 bits per heavy atom. The average molecular weight is 1680 g/mol. The number of nitrogens with one attached hydrogen (secondary N) is 15. The van der Waals surface area contributed by atoms with Crippen LogP contribution in [0.4, 0.5) is 0 Å². The molecular weight excluding hydrogens is 1570 g/mol. The molecule has 0 saturated carbocycles. The van der Waals surface area contributed by atoms with Crippen molar-refractivity contribution < 1.29 is 97.1 Å². The highest BCUT2D eigenvalue weighted by Gasteiger charge is 2.40. The van der Waals surface area contributed by atoms with E-state index in [4.69, 9.17) is 17.2 Å². The molecule has 5 aromatic rings. The molecule has 15 amide bonds. The lowest BCUT2D eigenvalue weighted by molar-refractivity contribution is -0.142. The van der Waals surface area contributed by atoms with Crippen LogP contribution in [0.2, 0.25) is 0 Å². The van der Waals surface area contributed by atoms with Crippen molar-refractivity contribution in [2.45, 2.75) is 189 Å². The van der Waals surface area contributed by atoms with Gasteiger partial charge in [-0.05, 0) is 94.2 Å². The van der Waals surface area contributed by atoms with Crippen LogP contribution in [0.5, 0.6) is 0 Å². The highest BCUT2D eigenvalue weighted by Crippen LogP contribution is 2.25. The van der Waals surface area contributed by atoms with E-state index in [1.807, 2.05) is 0 Å². The lowest BCUT2D eigenvalue weighted by Gasteiger charge is -2.29. The molecule has 1 aromatic heterocycles. The lowest BCUT2D eigenvalue weighted by atomic mass is 10.00. The normalized spacial score (nSPS) is 23.4. The van der Waals surface area contributed by atoms with Crippen LogP contribution in [0, 0.1) is 0 Å². The molecule has 0 unspecified atom stereocenters. The van der Waals surface area contributed by atoms with Gasteiger partial charge in [0.2, 0.25) is 88.6 Å². The number of benzene rings is 4. The topological polar surface area (TPSA) is 616 Å². The second-order valence-corrected chi connectivity index (χ2v) is 30.8. The second kappa shape index (κ2) is 48.8. The number of hydrogen-bond acceptors (Lipinski definition) is 23. The molecule has 40 heteroatoms. The van der Waals surface area contributed by atoms with Crippen molar-refractivity contribution in [1.29, 1.82) is 0 Å². The number of unbranched alkanes of at least 4 members (excludes halogenated alkanes) is 2. The van der Waals surface area contributed by atoms with Gasteiger partial charge in [0, 0.05) is 67.8 Å². The number of aliphatic hydroxyl groups is 3. The first-order chi connectivity index (χ1) is 56.2. The predicted molar refractivity (Wildman–Crippen MR) is 435 cm³/mol. The fourth-order valence-corrected chi connectivity index (χ4v) is 14.5. The van der Waals surface area contributed by atoms with Gasteiger partial charge in [-0.25, -0.2) is 4.79 Å². The second-order valence-electron chi connectivity index (χ2n) is 28.3. The maximum atomic E-state index is 15.5. The molecule has 38 nitrogen and oxygen atoms in total. The Morgan fingerprint density at radius 3 is 1.36 bits per heavy atom. The Hall–Kier alpha value is -11.6. The number of carbonyl (C=O) groups excluding carboxylic acids is 15. The molecule has 0 radical (unpaired) electrons. The molecule has 1 aliphatic heterocycles. The molecule has 2 heterocycles. The van der Waals surface area contributed by atoms with Crippen molar-refractivity contribution in [3.63, 3.8) is 0 Å². The van der Waals surface area contributed by atoms with Crippen LogP contribution < -0.4 is 91.6 Å². The number of aliphatic hydroxyl groups excluding tert-OH is 3. The number of fused-ring (bicyclic) bond motifs is 1. The summed E-state index contributed by atoms with van der Waals surface area (Å²) in [6.45, 7) is 3.10. The van der Waals surface area contributed by atoms with Crippen molar-refractivity contribution >= 4 is 127 Å². The Balaban J connectivity index is 1.48. The third-order valence-electron chi connectivity index (χ3n) is 18.6. The van der Waals surface area contributed by atoms with Crippen LogP contribution in [0.25, 0.3) is 10.9 Å². The van der Waals surface area contributed by atoms with Crippen molar-refractivity contribution in [3.05, 3.63) is 144 Å². The SMILES string of the molecule is CC(=O)NCCCC[C@@H]1NC(=O)[C@H](Cc2c[nH]c3ccccc23)NC(=O)[C@H](Cc2ccccc2)NC(=O)[C@H](Cc2ccccc2)NC(=O)[C@H](CC(N)=O)NC(=O)[C@H](CCCCN)NC(=O)[C@@H](NC(=O)CNC(=O)[C@H](C)N)CSSC[C@@H](C(=O)O)NC(=O)[C@H](CO)NC(=O)[C@H]([C@@H](C)O)NC(=O)[C@H](Cc2ccccc2)NC(=O)[C@H]([C@@H](C)O)NC1=O. The van der Waals surface area contributed by atoms with Gasteiger partial charge in [-0.3, -0.25) is 71.9 Å². The number of nitrogens with two attached hydrogens (primary N) is 3. The minimum Gasteiger partial charge on any atom is -0.480 e. The molecule has 1 fully saturated rings. The van der Waals surface area contributed by atoms with E-state index in [1.54, 1.807) is 121 Å². The van der Waals surface area contributed by atoms with E-state index in [1.165, 1.54) is 13.8 Å². The summed E-state index contributed by atoms with van der Waals surface area (Å²) in [4.78, 5) is 229. The zero-order chi connectivity index (χ0) is 86.5. The number of aromatic nitrogens is 1. The largest absolute Gasteiger partial charge is 0.480 e. The number of amides is 15. The number of carboxylic acid groups (broad SMARTS) is 1. The van der Waals surface area contributed by atoms with E-state index in [0.717, 1.165) is 35.4 Å². The van der Waals surface area contributed by atoms with E-state index < -0.39 is 210 Å². The number of aliphatic carboxylic acids is 1. The fourth-order valence-electron chi connectivity index (χ4n) is 12.2. The summed E-state index contributed by atoms with van der Waals surface area (Å²) in [5.74, 6) is -18.3. The Labute approximate surface area is 688 Å². The lowest BCUT2D eigenvalue weighted by Crippen LogP contribution is -2.63. The summed E-state index contributed by atoms with van der Waals surface area (Å²) < 4.78 is 0. The van der Waals surface area contributed by atoms with Gasteiger partial charge in [-0.1, -0.05) is 131 Å². The number of hydrogen-bond donors (Lipinski definition) is 22. The third-order valence-corrected chi connectivity index (χ3v) is 21.0. The molecule has 4 aromatic carbocycles. The smallest absolute Gasteiger partial charge is 0.327 e. The van der Waals surface area contributed by atoms with Crippen LogP contribution in [-0.2, 0) is 102 Å². The van der Waals surface area contributed by atoms with Crippen LogP contribution in [0.15, 0.2) is 121 Å². The highest BCUT2D eigenvalue weighted by molar-refractivity contribution is 8.76. The summed E-state index contributed by atoms with van der Waals surface area (Å²) in [7, 11) is 1.48. The minimum absolute atomic E-state index is 0.0978. The monoisotopic (exact) mass is 1680 g/mol. The van der Waals surface area contributed by atoms with E-state index in [2.05, 4.69) is 79.4 Å². The van der Waals surface area contributed by atoms with Gasteiger partial charge in [0.1, 0.15) is 72.5 Å². The number of carbonyl (C=O) groups is 16. The van der Waals surface area contributed by atoms with Crippen molar-refractivity contribution in [2.75, 3.05) is 37.7 Å². The minimum atomic E-state index is -2.00. The van der Waals surface area contributed by atoms with Gasteiger partial charge in [-0.2, -0.15) is 0 Å². The van der Waals surface area contributed by atoms with Crippen LogP contribution in [0.3, 0.4) is 0 Å². The van der Waals surface area contributed by atoms with Gasteiger partial charge in [0.25, 0.3) is 0 Å². The van der Waals surface area contributed by atoms with Crippen molar-refractivity contribution in [1.82, 2.24) is 79.4 Å². The number of rotatable bonds is 27.